The summed E-state index contributed by atoms with van der Waals surface area (Å²) in [5.74, 6) is 0.0823. The number of rotatable bonds is 5. The van der Waals surface area contributed by atoms with Crippen LogP contribution in [-0.4, -0.2) is 27.5 Å². The van der Waals surface area contributed by atoms with Crippen molar-refractivity contribution in [3.05, 3.63) is 35.7 Å². The van der Waals surface area contributed by atoms with E-state index in [0.717, 1.165) is 9.90 Å². The number of aromatic carboxylic acids is 1. The first-order chi connectivity index (χ1) is 8.70. The Bertz CT molecular complexity index is 543. The second-order valence-corrected chi connectivity index (χ2v) is 5.34. The van der Waals surface area contributed by atoms with Gasteiger partial charge in [0.15, 0.2) is 4.34 Å². The Morgan fingerprint density at radius 1 is 1.56 bits per heavy atom. The van der Waals surface area contributed by atoms with Crippen molar-refractivity contribution < 1.29 is 14.6 Å². The van der Waals surface area contributed by atoms with Crippen molar-refractivity contribution in [3.8, 4) is 5.75 Å². The minimum Gasteiger partial charge on any atom is -0.496 e. The molecule has 0 spiro atoms. The van der Waals surface area contributed by atoms with Crippen molar-refractivity contribution in [2.24, 2.45) is 0 Å². The molecular weight excluding hydrogens is 272 g/mol. The van der Waals surface area contributed by atoms with Gasteiger partial charge in [-0.1, -0.05) is 17.8 Å². The zero-order valence-corrected chi connectivity index (χ0v) is 11.1. The van der Waals surface area contributed by atoms with Crippen molar-refractivity contribution in [1.29, 1.82) is 0 Å². The molecule has 1 aromatic heterocycles. The van der Waals surface area contributed by atoms with Gasteiger partial charge in [-0.05, 0) is 29.2 Å². The van der Waals surface area contributed by atoms with Gasteiger partial charge in [0.25, 0.3) is 0 Å². The summed E-state index contributed by atoms with van der Waals surface area (Å²) in [5, 5.41) is 8.97. The van der Waals surface area contributed by atoms with Crippen molar-refractivity contribution in [2.75, 3.05) is 7.11 Å². The van der Waals surface area contributed by atoms with E-state index in [9.17, 15) is 4.79 Å². The fraction of sp³-hybridized carbons (Fsp3) is 0.182. The van der Waals surface area contributed by atoms with Gasteiger partial charge in [-0.2, -0.15) is 4.37 Å². The van der Waals surface area contributed by atoms with Gasteiger partial charge >= 0.3 is 5.97 Å². The van der Waals surface area contributed by atoms with E-state index < -0.39 is 5.97 Å². The number of aromatic nitrogens is 2. The number of ether oxygens (including phenoxy) is 1. The van der Waals surface area contributed by atoms with Crippen LogP contribution in [0.15, 0.2) is 28.9 Å². The van der Waals surface area contributed by atoms with Crippen molar-refractivity contribution >= 4 is 29.3 Å². The summed E-state index contributed by atoms with van der Waals surface area (Å²) < 4.78 is 9.87. The zero-order valence-electron chi connectivity index (χ0n) is 9.49. The van der Waals surface area contributed by atoms with Crippen LogP contribution in [0.25, 0.3) is 0 Å². The number of nitrogens with zero attached hydrogens (tertiary/aromatic N) is 2. The van der Waals surface area contributed by atoms with Gasteiger partial charge in [0, 0.05) is 5.75 Å². The summed E-state index contributed by atoms with van der Waals surface area (Å²) in [7, 11) is 1.46. The molecule has 18 heavy (non-hydrogen) atoms. The molecule has 0 bridgehead atoms. The van der Waals surface area contributed by atoms with E-state index in [4.69, 9.17) is 9.84 Å². The molecule has 0 saturated heterocycles. The summed E-state index contributed by atoms with van der Waals surface area (Å²) in [6.07, 6.45) is 1.51. The zero-order chi connectivity index (χ0) is 13.0. The van der Waals surface area contributed by atoms with Gasteiger partial charge in [-0.15, -0.1) is 0 Å². The van der Waals surface area contributed by atoms with Gasteiger partial charge in [0.05, 0.1) is 7.11 Å². The van der Waals surface area contributed by atoms with Crippen LogP contribution < -0.4 is 4.74 Å². The monoisotopic (exact) mass is 282 g/mol. The quantitative estimate of drug-likeness (QED) is 0.850. The molecule has 1 aromatic carbocycles. The van der Waals surface area contributed by atoms with E-state index in [1.807, 2.05) is 0 Å². The average molecular weight is 282 g/mol. The molecule has 0 saturated carbocycles. The summed E-state index contributed by atoms with van der Waals surface area (Å²) in [6, 6.07) is 5.06. The van der Waals surface area contributed by atoms with Crippen LogP contribution in [0.1, 0.15) is 15.9 Å². The molecule has 2 aromatic rings. The van der Waals surface area contributed by atoms with E-state index in [1.54, 1.807) is 30.0 Å². The van der Waals surface area contributed by atoms with E-state index >= 15 is 0 Å². The van der Waals surface area contributed by atoms with Crippen molar-refractivity contribution in [3.63, 3.8) is 0 Å². The molecule has 7 heteroatoms. The van der Waals surface area contributed by atoms with E-state index in [1.165, 1.54) is 25.0 Å². The maximum absolute atomic E-state index is 10.9. The smallest absolute Gasteiger partial charge is 0.339 e. The molecule has 0 aliphatic rings. The average Bonchev–Trinajstić information content (AvgIpc) is 2.88. The topological polar surface area (TPSA) is 72.3 Å². The van der Waals surface area contributed by atoms with Gasteiger partial charge in [-0.3, -0.25) is 0 Å². The summed E-state index contributed by atoms with van der Waals surface area (Å²) in [6.45, 7) is 0. The number of carbonyl (C=O) groups is 1. The number of carboxylic acids is 1. The van der Waals surface area contributed by atoms with Gasteiger partial charge < -0.3 is 9.84 Å². The maximum atomic E-state index is 10.9. The minimum atomic E-state index is -0.991. The molecule has 0 aliphatic carbocycles. The third kappa shape index (κ3) is 2.99. The predicted octanol–water partition coefficient (Wildman–Crippen LogP) is 2.54. The lowest BCUT2D eigenvalue weighted by atomic mass is 10.1. The number of hydrogen-bond acceptors (Lipinski definition) is 6. The predicted molar refractivity (Wildman–Crippen MR) is 69.4 cm³/mol. The van der Waals surface area contributed by atoms with Gasteiger partial charge in [-0.25, -0.2) is 9.78 Å². The van der Waals surface area contributed by atoms with Crippen LogP contribution in [0.5, 0.6) is 5.75 Å². The Labute approximate surface area is 112 Å². The Morgan fingerprint density at radius 2 is 2.39 bits per heavy atom. The lowest BCUT2D eigenvalue weighted by molar-refractivity contribution is 0.0693. The summed E-state index contributed by atoms with van der Waals surface area (Å²) in [5.41, 5.74) is 1.15. The van der Waals surface area contributed by atoms with E-state index in [0.29, 0.717) is 11.5 Å². The molecule has 0 amide bonds. The lowest BCUT2D eigenvalue weighted by Gasteiger charge is -2.07. The van der Waals surface area contributed by atoms with Crippen LogP contribution in [0, 0.1) is 0 Å². The molecule has 0 atom stereocenters. The van der Waals surface area contributed by atoms with Gasteiger partial charge in [0.1, 0.15) is 17.6 Å². The van der Waals surface area contributed by atoms with Crippen LogP contribution in [-0.2, 0) is 5.75 Å². The van der Waals surface area contributed by atoms with Crippen LogP contribution in [0.2, 0.25) is 0 Å². The largest absolute Gasteiger partial charge is 0.496 e. The molecule has 0 fully saturated rings. The molecule has 0 unspecified atom stereocenters. The Kier molecular flexibility index (Phi) is 4.16. The molecule has 0 radical (unpaired) electrons. The molecular formula is C11H10N2O3S2. The molecule has 1 N–H and O–H groups in total. The second kappa shape index (κ2) is 5.83. The highest BCUT2D eigenvalue weighted by Crippen LogP contribution is 2.26. The number of hydrogen-bond donors (Lipinski definition) is 1. The summed E-state index contributed by atoms with van der Waals surface area (Å²) in [4.78, 5) is 15.0. The number of thioether (sulfide) groups is 1. The number of carboxylic acid groups (broad SMARTS) is 1. The second-order valence-electron chi connectivity index (χ2n) is 3.34. The van der Waals surface area contributed by atoms with Crippen molar-refractivity contribution in [2.45, 2.75) is 10.1 Å². The Hall–Kier alpha value is -1.60. The highest BCUT2D eigenvalue weighted by atomic mass is 32.2. The van der Waals surface area contributed by atoms with Gasteiger partial charge in [0.2, 0.25) is 0 Å². The molecule has 5 nitrogen and oxygen atoms in total. The SMILES string of the molecule is COc1cc(CSc2ncns2)ccc1C(=O)O. The van der Waals surface area contributed by atoms with Crippen molar-refractivity contribution in [1.82, 2.24) is 9.36 Å². The number of benzene rings is 1. The van der Waals surface area contributed by atoms with E-state index in [2.05, 4.69) is 9.36 Å². The molecule has 94 valence electrons. The lowest BCUT2D eigenvalue weighted by Crippen LogP contribution is -2.00. The van der Waals surface area contributed by atoms with Crippen LogP contribution in [0.3, 0.4) is 0 Å². The molecule has 0 aliphatic heterocycles. The Morgan fingerprint density at radius 3 is 3.00 bits per heavy atom. The highest BCUT2D eigenvalue weighted by Gasteiger charge is 2.11. The van der Waals surface area contributed by atoms with E-state index in [-0.39, 0.29) is 5.56 Å². The number of methoxy groups -OCH3 is 1. The summed E-state index contributed by atoms with van der Waals surface area (Å²) >= 11 is 2.89. The Balaban J connectivity index is 2.12. The standard InChI is InChI=1S/C11H10N2O3S2/c1-16-9-4-7(2-3-8(9)10(14)15)5-17-11-12-6-13-18-11/h2-4,6H,5H2,1H3,(H,14,15). The third-order valence-corrected chi connectivity index (χ3v) is 4.07. The third-order valence-electron chi connectivity index (χ3n) is 2.20. The fourth-order valence-electron chi connectivity index (χ4n) is 1.37. The first kappa shape index (κ1) is 12.8. The fourth-order valence-corrected chi connectivity index (χ4v) is 2.76. The minimum absolute atomic E-state index is 0.169. The maximum Gasteiger partial charge on any atom is 0.339 e. The normalized spacial score (nSPS) is 10.3. The first-order valence-corrected chi connectivity index (χ1v) is 6.76. The molecule has 1 heterocycles. The first-order valence-electron chi connectivity index (χ1n) is 5.00. The van der Waals surface area contributed by atoms with Crippen LogP contribution >= 0.6 is 23.3 Å². The highest BCUT2D eigenvalue weighted by molar-refractivity contribution is 8.00. The van der Waals surface area contributed by atoms with Crippen LogP contribution in [0.4, 0.5) is 0 Å². The molecule has 2 rings (SSSR count).